The Kier molecular flexibility index (Phi) is 5.24. The van der Waals surface area contributed by atoms with Crippen LogP contribution in [0.15, 0.2) is 24.4 Å². The third-order valence-electron chi connectivity index (χ3n) is 5.42. The second-order valence-corrected chi connectivity index (χ2v) is 7.26. The highest BCUT2D eigenvalue weighted by molar-refractivity contribution is 5.82. The van der Waals surface area contributed by atoms with Crippen molar-refractivity contribution in [1.29, 1.82) is 0 Å². The Balaban J connectivity index is 1.40. The Morgan fingerprint density at radius 3 is 2.71 bits per heavy atom. The molecular weight excluding hydrogens is 375 g/mol. The number of pyridine rings is 1. The van der Waals surface area contributed by atoms with Crippen molar-refractivity contribution in [3.8, 4) is 0 Å². The first-order valence-electron chi connectivity index (χ1n) is 9.39. The molecule has 28 heavy (non-hydrogen) atoms. The van der Waals surface area contributed by atoms with Crippen LogP contribution in [0.2, 0.25) is 0 Å². The lowest BCUT2D eigenvalue weighted by Crippen LogP contribution is -2.57. The van der Waals surface area contributed by atoms with Crippen molar-refractivity contribution in [2.24, 2.45) is 0 Å². The molecule has 2 aromatic heterocycles. The van der Waals surface area contributed by atoms with Crippen LogP contribution in [0.5, 0.6) is 0 Å². The molecule has 2 aliphatic heterocycles. The van der Waals surface area contributed by atoms with Crippen molar-refractivity contribution >= 4 is 11.6 Å². The van der Waals surface area contributed by atoms with Crippen molar-refractivity contribution in [2.45, 2.75) is 31.0 Å². The maximum absolute atomic E-state index is 12.9. The zero-order valence-electron chi connectivity index (χ0n) is 15.3. The number of rotatable bonds is 3. The summed E-state index contributed by atoms with van der Waals surface area (Å²) >= 11 is 0. The zero-order valence-corrected chi connectivity index (χ0v) is 15.3. The molecule has 152 valence electrons. The summed E-state index contributed by atoms with van der Waals surface area (Å²) in [5.41, 5.74) is 0.776. The number of carbonyl (C=O) groups excluding carboxylic acids is 1. The highest BCUT2D eigenvalue weighted by Gasteiger charge is 2.40. The molecule has 2 aliphatic rings. The Labute approximate surface area is 160 Å². The summed E-state index contributed by atoms with van der Waals surface area (Å²) in [5.74, 6) is 0.742. The Hall–Kier alpha value is -2.20. The Morgan fingerprint density at radius 1 is 1.18 bits per heavy atom. The number of ether oxygens (including phenoxy) is 1. The van der Waals surface area contributed by atoms with Gasteiger partial charge < -0.3 is 9.64 Å². The number of fused-ring (bicyclic) bond motifs is 1. The van der Waals surface area contributed by atoms with E-state index in [2.05, 4.69) is 10.2 Å². The molecule has 1 atom stereocenters. The van der Waals surface area contributed by atoms with E-state index >= 15 is 0 Å². The largest absolute Gasteiger partial charge is 0.401 e. The molecule has 0 spiro atoms. The molecule has 0 bridgehead atoms. The van der Waals surface area contributed by atoms with Gasteiger partial charge in [-0.05, 0) is 25.0 Å². The van der Waals surface area contributed by atoms with Crippen molar-refractivity contribution in [3.05, 3.63) is 30.2 Å². The van der Waals surface area contributed by atoms with Crippen LogP contribution in [0.25, 0.3) is 5.65 Å². The van der Waals surface area contributed by atoms with Crippen LogP contribution >= 0.6 is 0 Å². The van der Waals surface area contributed by atoms with Gasteiger partial charge >= 0.3 is 6.18 Å². The number of hydrogen-bond acceptors (Lipinski definition) is 5. The number of hydrogen-bond donors (Lipinski definition) is 0. The van der Waals surface area contributed by atoms with Gasteiger partial charge in [-0.3, -0.25) is 14.1 Å². The van der Waals surface area contributed by atoms with E-state index in [1.54, 1.807) is 4.90 Å². The second-order valence-electron chi connectivity index (χ2n) is 7.26. The van der Waals surface area contributed by atoms with E-state index in [1.807, 2.05) is 28.8 Å². The summed E-state index contributed by atoms with van der Waals surface area (Å²) < 4.78 is 45.7. The summed E-state index contributed by atoms with van der Waals surface area (Å²) in [5, 5.41) is 8.46. The van der Waals surface area contributed by atoms with Crippen LogP contribution in [0, 0.1) is 0 Å². The van der Waals surface area contributed by atoms with E-state index < -0.39 is 18.8 Å². The molecule has 7 nitrogen and oxygen atoms in total. The van der Waals surface area contributed by atoms with Crippen molar-refractivity contribution in [2.75, 3.05) is 39.4 Å². The van der Waals surface area contributed by atoms with Gasteiger partial charge in [0, 0.05) is 31.7 Å². The van der Waals surface area contributed by atoms with Crippen LogP contribution in [-0.4, -0.2) is 81.9 Å². The first-order chi connectivity index (χ1) is 13.4. The normalized spacial score (nSPS) is 22.7. The van der Waals surface area contributed by atoms with Crippen LogP contribution in [-0.2, 0) is 9.53 Å². The average Bonchev–Trinajstić information content (AvgIpc) is 3.11. The van der Waals surface area contributed by atoms with E-state index in [9.17, 15) is 18.0 Å². The van der Waals surface area contributed by atoms with E-state index in [-0.39, 0.29) is 31.6 Å². The molecule has 0 unspecified atom stereocenters. The molecule has 2 fully saturated rings. The highest BCUT2D eigenvalue weighted by Crippen LogP contribution is 2.28. The van der Waals surface area contributed by atoms with Crippen LogP contribution in [0.1, 0.15) is 24.6 Å². The summed E-state index contributed by atoms with van der Waals surface area (Å²) in [4.78, 5) is 15.7. The first-order valence-corrected chi connectivity index (χ1v) is 9.39. The number of nitrogens with zero attached hydrogens (tertiary/aromatic N) is 5. The third kappa shape index (κ3) is 3.97. The van der Waals surface area contributed by atoms with Crippen molar-refractivity contribution in [1.82, 2.24) is 24.4 Å². The molecule has 1 amide bonds. The molecule has 0 radical (unpaired) electrons. The summed E-state index contributed by atoms with van der Waals surface area (Å²) in [6, 6.07) is 4.82. The van der Waals surface area contributed by atoms with Crippen LogP contribution in [0.3, 0.4) is 0 Å². The predicted molar refractivity (Wildman–Crippen MR) is 93.8 cm³/mol. The van der Waals surface area contributed by atoms with Gasteiger partial charge in [-0.1, -0.05) is 6.07 Å². The topological polar surface area (TPSA) is 63.0 Å². The minimum absolute atomic E-state index is 0.00363. The van der Waals surface area contributed by atoms with Gasteiger partial charge in [0.1, 0.15) is 11.9 Å². The number of aromatic nitrogens is 3. The molecular formula is C18H22F3N5O2. The average molecular weight is 397 g/mol. The predicted octanol–water partition coefficient (Wildman–Crippen LogP) is 1.70. The lowest BCUT2D eigenvalue weighted by Gasteiger charge is -2.39. The number of piperidine rings is 1. The summed E-state index contributed by atoms with van der Waals surface area (Å²) in [7, 11) is 0. The van der Waals surface area contributed by atoms with Crippen molar-refractivity contribution < 1.29 is 22.7 Å². The number of likely N-dealkylation sites (tertiary alicyclic amines) is 1. The first kappa shape index (κ1) is 19.1. The summed E-state index contributed by atoms with van der Waals surface area (Å²) in [6.07, 6.45) is -1.02. The molecule has 0 aromatic carbocycles. The number of morpholine rings is 1. The Bertz CT molecular complexity index is 832. The van der Waals surface area contributed by atoms with Gasteiger partial charge in [0.05, 0.1) is 19.8 Å². The van der Waals surface area contributed by atoms with E-state index in [0.717, 1.165) is 11.5 Å². The maximum Gasteiger partial charge on any atom is 0.401 e. The number of carbonyl (C=O) groups is 1. The number of halogens is 3. The monoisotopic (exact) mass is 397 g/mol. The molecule has 10 heteroatoms. The van der Waals surface area contributed by atoms with Crippen molar-refractivity contribution in [3.63, 3.8) is 0 Å². The van der Waals surface area contributed by atoms with E-state index in [0.29, 0.717) is 25.9 Å². The molecule has 0 saturated carbocycles. The lowest BCUT2D eigenvalue weighted by atomic mass is 9.95. The Morgan fingerprint density at radius 2 is 1.96 bits per heavy atom. The SMILES string of the molecule is O=C([C@H]1COCCN1CC(F)(F)F)N1CCC(c2nnc3ccccn23)CC1. The van der Waals surface area contributed by atoms with Crippen LogP contribution in [0.4, 0.5) is 13.2 Å². The maximum atomic E-state index is 12.9. The minimum atomic E-state index is -4.34. The van der Waals surface area contributed by atoms with Crippen LogP contribution < -0.4 is 0 Å². The zero-order chi connectivity index (χ0) is 19.7. The second kappa shape index (κ2) is 7.67. The molecule has 2 aromatic rings. The third-order valence-corrected chi connectivity index (χ3v) is 5.42. The fraction of sp³-hybridized carbons (Fsp3) is 0.611. The quantitative estimate of drug-likeness (QED) is 0.789. The molecule has 0 N–H and O–H groups in total. The highest BCUT2D eigenvalue weighted by atomic mass is 19.4. The summed E-state index contributed by atoms with van der Waals surface area (Å²) in [6.45, 7) is 0.210. The van der Waals surface area contributed by atoms with Gasteiger partial charge in [-0.2, -0.15) is 13.2 Å². The number of alkyl halides is 3. The minimum Gasteiger partial charge on any atom is -0.378 e. The standard InChI is InChI=1S/C18H22F3N5O2/c19-18(20,21)12-25-9-10-28-11-14(25)17(27)24-7-4-13(5-8-24)16-23-22-15-3-1-2-6-26(15)16/h1-3,6,13-14H,4-5,7-12H2/t14-/m1/s1. The molecule has 4 rings (SSSR count). The molecule has 4 heterocycles. The molecule has 2 saturated heterocycles. The smallest absolute Gasteiger partial charge is 0.378 e. The lowest BCUT2D eigenvalue weighted by molar-refractivity contribution is -0.171. The van der Waals surface area contributed by atoms with Gasteiger partial charge in [-0.15, -0.1) is 10.2 Å². The molecule has 0 aliphatic carbocycles. The van der Waals surface area contributed by atoms with Gasteiger partial charge in [0.2, 0.25) is 5.91 Å². The van der Waals surface area contributed by atoms with E-state index in [4.69, 9.17) is 4.74 Å². The van der Waals surface area contributed by atoms with E-state index in [1.165, 1.54) is 4.90 Å². The van der Waals surface area contributed by atoms with Gasteiger partial charge in [0.25, 0.3) is 0 Å². The van der Waals surface area contributed by atoms with Gasteiger partial charge in [0.15, 0.2) is 5.65 Å². The van der Waals surface area contributed by atoms with Gasteiger partial charge in [-0.25, -0.2) is 0 Å². The fourth-order valence-electron chi connectivity index (χ4n) is 3.99. The number of amides is 1. The fourth-order valence-corrected chi connectivity index (χ4v) is 3.99.